The Labute approximate surface area is 170 Å². The van der Waals surface area contributed by atoms with E-state index in [0.29, 0.717) is 23.0 Å². The molecule has 27 heavy (non-hydrogen) atoms. The van der Waals surface area contributed by atoms with Gasteiger partial charge in [-0.2, -0.15) is 0 Å². The summed E-state index contributed by atoms with van der Waals surface area (Å²) in [4.78, 5) is 19.8. The van der Waals surface area contributed by atoms with Gasteiger partial charge in [0.25, 0.3) is 5.91 Å². The molecule has 140 valence electrons. The van der Waals surface area contributed by atoms with Gasteiger partial charge in [-0.05, 0) is 53.0 Å². The van der Waals surface area contributed by atoms with E-state index in [1.54, 1.807) is 12.0 Å². The number of methoxy groups -OCH3 is 1. The lowest BCUT2D eigenvalue weighted by atomic mass is 10.2. The first kappa shape index (κ1) is 18.4. The average molecular weight is 447 g/mol. The van der Waals surface area contributed by atoms with Crippen molar-refractivity contribution in [3.63, 3.8) is 0 Å². The number of aromatic nitrogens is 1. The third kappa shape index (κ3) is 3.72. The summed E-state index contributed by atoms with van der Waals surface area (Å²) in [6.45, 7) is 1.23. The molecular weight excluding hydrogens is 428 g/mol. The second kappa shape index (κ2) is 7.96. The largest absolute Gasteiger partial charge is 0.494 e. The van der Waals surface area contributed by atoms with Crippen LogP contribution in [0.1, 0.15) is 23.2 Å². The lowest BCUT2D eigenvalue weighted by Gasteiger charge is -2.23. The second-order valence-electron chi connectivity index (χ2n) is 6.33. The van der Waals surface area contributed by atoms with Gasteiger partial charge in [-0.25, -0.2) is 4.98 Å². The number of para-hydroxylation sites is 1. The van der Waals surface area contributed by atoms with Crippen molar-refractivity contribution in [3.8, 4) is 5.75 Å². The molecule has 7 heteroatoms. The number of halogens is 1. The van der Waals surface area contributed by atoms with E-state index in [4.69, 9.17) is 14.5 Å². The van der Waals surface area contributed by atoms with Gasteiger partial charge in [0.1, 0.15) is 11.3 Å². The summed E-state index contributed by atoms with van der Waals surface area (Å²) in [5.41, 5.74) is 1.39. The molecule has 0 saturated carbocycles. The molecule has 1 aliphatic heterocycles. The van der Waals surface area contributed by atoms with Crippen molar-refractivity contribution in [3.05, 3.63) is 52.5 Å². The van der Waals surface area contributed by atoms with E-state index >= 15 is 0 Å². The first-order valence-corrected chi connectivity index (χ1v) is 10.4. The molecule has 2 heterocycles. The first-order chi connectivity index (χ1) is 13.2. The number of ether oxygens (including phenoxy) is 2. The Kier molecular flexibility index (Phi) is 5.43. The molecule has 3 aromatic rings. The Balaban J connectivity index is 1.75. The number of anilines is 1. The smallest absolute Gasteiger partial charge is 0.261 e. The zero-order chi connectivity index (χ0) is 18.8. The van der Waals surface area contributed by atoms with E-state index in [1.165, 1.54) is 11.3 Å². The van der Waals surface area contributed by atoms with Gasteiger partial charge in [-0.1, -0.05) is 29.5 Å². The summed E-state index contributed by atoms with van der Waals surface area (Å²) in [5.74, 6) is 0.622. The Hall–Kier alpha value is -1.96. The molecule has 2 aromatic carbocycles. The highest BCUT2D eigenvalue weighted by Gasteiger charge is 2.28. The van der Waals surface area contributed by atoms with E-state index in [0.717, 1.165) is 34.1 Å². The Morgan fingerprint density at radius 1 is 1.33 bits per heavy atom. The van der Waals surface area contributed by atoms with E-state index in [2.05, 4.69) is 15.9 Å². The first-order valence-electron chi connectivity index (χ1n) is 8.79. The number of thiazole rings is 1. The molecule has 1 aliphatic rings. The van der Waals surface area contributed by atoms with Crippen molar-refractivity contribution in [1.82, 2.24) is 4.98 Å². The number of amides is 1. The fraction of sp³-hybridized carbons (Fsp3) is 0.300. The Morgan fingerprint density at radius 3 is 2.93 bits per heavy atom. The summed E-state index contributed by atoms with van der Waals surface area (Å²) in [6.07, 6.45) is 2.01. The van der Waals surface area contributed by atoms with E-state index < -0.39 is 0 Å². The summed E-state index contributed by atoms with van der Waals surface area (Å²) < 4.78 is 13.0. The standard InChI is InChI=1S/C20H19BrN2O3S/c1-25-16-9-4-10-17-18(16)22-20(27-17)23(12-13-6-5-11-26-13)19(24)14-7-2-3-8-15(14)21/h2-4,7-10,13H,5-6,11-12H2,1H3. The van der Waals surface area contributed by atoms with Gasteiger partial charge < -0.3 is 9.47 Å². The number of hydrogen-bond acceptors (Lipinski definition) is 5. The SMILES string of the molecule is COc1cccc2sc(N(CC3CCCO3)C(=O)c3ccccc3Br)nc12. The highest BCUT2D eigenvalue weighted by molar-refractivity contribution is 9.10. The predicted molar refractivity (Wildman–Crippen MR) is 111 cm³/mol. The lowest BCUT2D eigenvalue weighted by Crippen LogP contribution is -2.37. The van der Waals surface area contributed by atoms with Gasteiger partial charge in [0.2, 0.25) is 0 Å². The van der Waals surface area contributed by atoms with Gasteiger partial charge in [0, 0.05) is 11.1 Å². The van der Waals surface area contributed by atoms with E-state index in [1.807, 2.05) is 42.5 Å². The lowest BCUT2D eigenvalue weighted by molar-refractivity contribution is 0.0917. The molecular formula is C20H19BrN2O3S. The zero-order valence-electron chi connectivity index (χ0n) is 14.9. The summed E-state index contributed by atoms with van der Waals surface area (Å²) in [6, 6.07) is 13.3. The molecule has 1 saturated heterocycles. The summed E-state index contributed by atoms with van der Waals surface area (Å²) in [7, 11) is 1.63. The minimum absolute atomic E-state index is 0.0327. The second-order valence-corrected chi connectivity index (χ2v) is 8.20. The number of fused-ring (bicyclic) bond motifs is 1. The number of nitrogens with zero attached hydrogens (tertiary/aromatic N) is 2. The Morgan fingerprint density at radius 2 is 2.19 bits per heavy atom. The molecule has 0 aliphatic carbocycles. The minimum Gasteiger partial charge on any atom is -0.494 e. The normalized spacial score (nSPS) is 16.6. The topological polar surface area (TPSA) is 51.7 Å². The van der Waals surface area contributed by atoms with Gasteiger partial charge in [-0.15, -0.1) is 0 Å². The van der Waals surface area contributed by atoms with Crippen LogP contribution >= 0.6 is 27.3 Å². The highest BCUT2D eigenvalue weighted by Crippen LogP contribution is 2.35. The van der Waals surface area contributed by atoms with Crippen molar-refractivity contribution in [2.45, 2.75) is 18.9 Å². The van der Waals surface area contributed by atoms with Crippen LogP contribution in [0.2, 0.25) is 0 Å². The van der Waals surface area contributed by atoms with Crippen molar-refractivity contribution in [2.24, 2.45) is 0 Å². The zero-order valence-corrected chi connectivity index (χ0v) is 17.3. The van der Waals surface area contributed by atoms with Crippen molar-refractivity contribution < 1.29 is 14.3 Å². The molecule has 1 atom stereocenters. The van der Waals surface area contributed by atoms with Gasteiger partial charge >= 0.3 is 0 Å². The summed E-state index contributed by atoms with van der Waals surface area (Å²) >= 11 is 4.98. The minimum atomic E-state index is -0.0870. The molecule has 4 rings (SSSR count). The molecule has 1 fully saturated rings. The van der Waals surface area contributed by atoms with Crippen molar-refractivity contribution >= 4 is 48.5 Å². The van der Waals surface area contributed by atoms with E-state index in [9.17, 15) is 4.79 Å². The molecule has 0 spiro atoms. The molecule has 1 aromatic heterocycles. The number of benzene rings is 2. The van der Waals surface area contributed by atoms with Gasteiger partial charge in [0.15, 0.2) is 5.13 Å². The van der Waals surface area contributed by atoms with Crippen LogP contribution < -0.4 is 9.64 Å². The van der Waals surface area contributed by atoms with Crippen LogP contribution in [0.25, 0.3) is 10.2 Å². The Bertz CT molecular complexity index is 969. The fourth-order valence-corrected chi connectivity index (χ4v) is 4.66. The summed E-state index contributed by atoms with van der Waals surface area (Å²) in [5, 5.41) is 0.658. The maximum atomic E-state index is 13.4. The van der Waals surface area contributed by atoms with Crippen LogP contribution in [0.15, 0.2) is 46.9 Å². The van der Waals surface area contributed by atoms with Crippen LogP contribution in [0.5, 0.6) is 5.75 Å². The van der Waals surface area contributed by atoms with Crippen LogP contribution in [-0.4, -0.2) is 37.3 Å². The molecule has 0 radical (unpaired) electrons. The van der Waals surface area contributed by atoms with Crippen LogP contribution in [0.3, 0.4) is 0 Å². The molecule has 1 unspecified atom stereocenters. The fourth-order valence-electron chi connectivity index (χ4n) is 3.21. The highest BCUT2D eigenvalue weighted by atomic mass is 79.9. The van der Waals surface area contributed by atoms with Crippen LogP contribution in [-0.2, 0) is 4.74 Å². The number of hydrogen-bond donors (Lipinski definition) is 0. The number of carbonyl (C=O) groups excluding carboxylic acids is 1. The van der Waals surface area contributed by atoms with Crippen molar-refractivity contribution in [2.75, 3.05) is 25.2 Å². The van der Waals surface area contributed by atoms with Crippen LogP contribution in [0, 0.1) is 0 Å². The molecule has 0 bridgehead atoms. The van der Waals surface area contributed by atoms with Gasteiger partial charge in [-0.3, -0.25) is 9.69 Å². The maximum absolute atomic E-state index is 13.4. The van der Waals surface area contributed by atoms with Gasteiger partial charge in [0.05, 0.1) is 30.0 Å². The van der Waals surface area contributed by atoms with Crippen molar-refractivity contribution in [1.29, 1.82) is 0 Å². The third-order valence-corrected chi connectivity index (χ3v) is 6.32. The maximum Gasteiger partial charge on any atom is 0.261 e. The average Bonchev–Trinajstić information content (AvgIpc) is 3.35. The third-order valence-electron chi connectivity index (χ3n) is 4.58. The number of rotatable bonds is 5. The molecule has 5 nitrogen and oxygen atoms in total. The monoisotopic (exact) mass is 446 g/mol. The number of carbonyl (C=O) groups is 1. The molecule has 1 amide bonds. The predicted octanol–water partition coefficient (Wildman–Crippen LogP) is 4.89. The quantitative estimate of drug-likeness (QED) is 0.559. The van der Waals surface area contributed by atoms with E-state index in [-0.39, 0.29) is 12.0 Å². The molecule has 0 N–H and O–H groups in total. The van der Waals surface area contributed by atoms with Crippen LogP contribution in [0.4, 0.5) is 5.13 Å².